The molecule has 3 aromatic heterocycles. The highest BCUT2D eigenvalue weighted by atomic mass is 32.2. The van der Waals surface area contributed by atoms with Crippen LogP contribution in [0.1, 0.15) is 18.6 Å². The van der Waals surface area contributed by atoms with E-state index in [1.807, 2.05) is 0 Å². The number of methoxy groups -OCH3 is 2. The lowest BCUT2D eigenvalue weighted by Crippen LogP contribution is -2.55. The van der Waals surface area contributed by atoms with Crippen molar-refractivity contribution in [1.29, 1.82) is 0 Å². The third kappa shape index (κ3) is 5.52. The number of para-hydroxylation sites is 1. The molecule has 0 bridgehead atoms. The third-order valence-electron chi connectivity index (χ3n) is 7.74. The number of amides is 1. The topological polar surface area (TPSA) is 158 Å². The van der Waals surface area contributed by atoms with Gasteiger partial charge in [-0.05, 0) is 44.0 Å². The number of likely N-dealkylation sites (tertiary alicyclic amines) is 1. The molecule has 16 heteroatoms. The van der Waals surface area contributed by atoms with Crippen LogP contribution in [0, 0.1) is 18.7 Å². The van der Waals surface area contributed by atoms with Crippen molar-refractivity contribution in [1.82, 2.24) is 29.6 Å². The molecule has 1 N–H and O–H groups in total. The molecule has 1 amide bonds. The predicted molar refractivity (Wildman–Crippen MR) is 157 cm³/mol. The molecule has 0 spiro atoms. The number of carbonyl (C=O) groups excluding carboxylic acids is 1. The molecule has 4 aromatic rings. The zero-order chi connectivity index (χ0) is 31.0. The molecule has 1 aromatic carbocycles. The van der Waals surface area contributed by atoms with Gasteiger partial charge < -0.3 is 23.7 Å². The van der Waals surface area contributed by atoms with Crippen LogP contribution in [-0.2, 0) is 14.8 Å². The van der Waals surface area contributed by atoms with Gasteiger partial charge in [-0.2, -0.15) is 0 Å². The SMILES string of the molecule is COc1cccc(OC)c1-n1c(NS(=O)(=O)[C@H]2C[C@@H](C(=O)N3CCC3)CN(c3ncc(F)cn3)C2)nnc1-c1ccc(C)o1. The molecule has 0 saturated carbocycles. The van der Waals surface area contributed by atoms with Crippen molar-refractivity contribution in [2.45, 2.75) is 25.0 Å². The fraction of sp³-hybridized carbons (Fsp3) is 0.393. The molecule has 2 aliphatic heterocycles. The van der Waals surface area contributed by atoms with Crippen LogP contribution in [0.3, 0.4) is 0 Å². The molecule has 5 heterocycles. The number of halogens is 1. The minimum absolute atomic E-state index is 0.0406. The fourth-order valence-electron chi connectivity index (χ4n) is 5.42. The van der Waals surface area contributed by atoms with Crippen LogP contribution in [0.5, 0.6) is 11.5 Å². The molecular formula is C28H31FN8O6S. The summed E-state index contributed by atoms with van der Waals surface area (Å²) < 4.78 is 62.9. The molecule has 2 aliphatic rings. The van der Waals surface area contributed by atoms with E-state index in [9.17, 15) is 17.6 Å². The Morgan fingerprint density at radius 2 is 1.75 bits per heavy atom. The van der Waals surface area contributed by atoms with Gasteiger partial charge in [0.25, 0.3) is 0 Å². The molecule has 2 fully saturated rings. The van der Waals surface area contributed by atoms with Crippen molar-refractivity contribution in [2.24, 2.45) is 5.92 Å². The molecule has 0 unspecified atom stereocenters. The summed E-state index contributed by atoms with van der Waals surface area (Å²) >= 11 is 0. The quantitative estimate of drug-likeness (QED) is 0.291. The number of furan rings is 1. The van der Waals surface area contributed by atoms with Gasteiger partial charge in [0.2, 0.25) is 33.7 Å². The average molecular weight is 627 g/mol. The second kappa shape index (κ2) is 11.7. The third-order valence-corrected chi connectivity index (χ3v) is 9.43. The van der Waals surface area contributed by atoms with E-state index in [-0.39, 0.29) is 43.1 Å². The van der Waals surface area contributed by atoms with Crippen molar-refractivity contribution in [3.05, 3.63) is 54.3 Å². The van der Waals surface area contributed by atoms with E-state index >= 15 is 0 Å². The number of nitrogens with zero attached hydrogens (tertiary/aromatic N) is 7. The lowest BCUT2D eigenvalue weighted by molar-refractivity contribution is -0.139. The Labute approximate surface area is 252 Å². The van der Waals surface area contributed by atoms with Gasteiger partial charge in [-0.15, -0.1) is 10.2 Å². The molecule has 6 rings (SSSR count). The first kappa shape index (κ1) is 29.3. The van der Waals surface area contributed by atoms with Crippen LogP contribution in [-0.4, -0.2) is 89.6 Å². The molecule has 14 nitrogen and oxygen atoms in total. The number of rotatable bonds is 9. The fourth-order valence-corrected chi connectivity index (χ4v) is 6.84. The minimum atomic E-state index is -4.23. The van der Waals surface area contributed by atoms with Gasteiger partial charge in [-0.25, -0.2) is 22.8 Å². The van der Waals surface area contributed by atoms with E-state index in [1.54, 1.807) is 47.1 Å². The lowest BCUT2D eigenvalue weighted by atomic mass is 9.95. The van der Waals surface area contributed by atoms with Crippen molar-refractivity contribution in [3.63, 3.8) is 0 Å². The zero-order valence-electron chi connectivity index (χ0n) is 24.3. The number of benzene rings is 1. The maximum atomic E-state index is 14.1. The smallest absolute Gasteiger partial charge is 0.243 e. The predicted octanol–water partition coefficient (Wildman–Crippen LogP) is 2.65. The van der Waals surface area contributed by atoms with E-state index in [0.717, 1.165) is 18.8 Å². The molecular weight excluding hydrogens is 595 g/mol. The summed E-state index contributed by atoms with van der Waals surface area (Å²) in [4.78, 5) is 24.7. The normalized spacial score (nSPS) is 18.5. The maximum Gasteiger partial charge on any atom is 0.243 e. The van der Waals surface area contributed by atoms with E-state index < -0.39 is 27.0 Å². The summed E-state index contributed by atoms with van der Waals surface area (Å²) in [7, 11) is -1.27. The van der Waals surface area contributed by atoms with E-state index in [1.165, 1.54) is 18.8 Å². The summed E-state index contributed by atoms with van der Waals surface area (Å²) in [5.41, 5.74) is 0.347. The number of sulfonamides is 1. The Morgan fingerprint density at radius 1 is 1.05 bits per heavy atom. The number of carbonyl (C=O) groups is 1. The molecule has 2 saturated heterocycles. The molecule has 0 aliphatic carbocycles. The highest BCUT2D eigenvalue weighted by Crippen LogP contribution is 2.38. The number of ether oxygens (including phenoxy) is 2. The number of aromatic nitrogens is 5. The molecule has 44 heavy (non-hydrogen) atoms. The largest absolute Gasteiger partial charge is 0.494 e. The van der Waals surface area contributed by atoms with Gasteiger partial charge >= 0.3 is 0 Å². The van der Waals surface area contributed by atoms with E-state index in [0.29, 0.717) is 41.8 Å². The van der Waals surface area contributed by atoms with Crippen LogP contribution in [0.15, 0.2) is 47.1 Å². The number of hydrogen-bond donors (Lipinski definition) is 1. The summed E-state index contributed by atoms with van der Waals surface area (Å²) in [5, 5.41) is 7.38. The van der Waals surface area contributed by atoms with Gasteiger partial charge in [-0.3, -0.25) is 14.1 Å². The number of aryl methyl sites for hydroxylation is 1. The summed E-state index contributed by atoms with van der Waals surface area (Å²) in [5.74, 6) is 0.473. The van der Waals surface area contributed by atoms with E-state index in [4.69, 9.17) is 13.9 Å². The van der Waals surface area contributed by atoms with Crippen LogP contribution < -0.4 is 19.1 Å². The highest BCUT2D eigenvalue weighted by Gasteiger charge is 2.42. The van der Waals surface area contributed by atoms with Gasteiger partial charge in [-0.1, -0.05) is 6.07 Å². The number of piperidine rings is 1. The van der Waals surface area contributed by atoms with Crippen molar-refractivity contribution < 1.29 is 31.5 Å². The van der Waals surface area contributed by atoms with Crippen LogP contribution in [0.4, 0.5) is 16.3 Å². The number of nitrogens with one attached hydrogen (secondary N) is 1. The van der Waals surface area contributed by atoms with Crippen molar-refractivity contribution in [2.75, 3.05) is 50.0 Å². The Bertz CT molecular complexity index is 1750. The molecule has 2 atom stereocenters. The Hall–Kier alpha value is -4.73. The maximum absolute atomic E-state index is 14.1. The lowest BCUT2D eigenvalue weighted by Gasteiger charge is -2.40. The second-order valence-electron chi connectivity index (χ2n) is 10.6. The van der Waals surface area contributed by atoms with E-state index in [2.05, 4.69) is 24.9 Å². The van der Waals surface area contributed by atoms with Gasteiger partial charge in [0.15, 0.2) is 11.6 Å². The summed E-state index contributed by atoms with van der Waals surface area (Å²) in [6, 6.07) is 8.57. The van der Waals surface area contributed by atoms with Gasteiger partial charge in [0.1, 0.15) is 22.9 Å². The first-order chi connectivity index (χ1) is 21.2. The monoisotopic (exact) mass is 626 g/mol. The first-order valence-corrected chi connectivity index (χ1v) is 15.5. The van der Waals surface area contributed by atoms with Gasteiger partial charge in [0.05, 0.1) is 37.8 Å². The summed E-state index contributed by atoms with van der Waals surface area (Å²) in [6.07, 6.45) is 2.96. The zero-order valence-corrected chi connectivity index (χ0v) is 25.1. The highest BCUT2D eigenvalue weighted by molar-refractivity contribution is 7.93. The molecule has 232 valence electrons. The van der Waals surface area contributed by atoms with Crippen molar-refractivity contribution in [3.8, 4) is 28.8 Å². The van der Waals surface area contributed by atoms with Crippen LogP contribution in [0.2, 0.25) is 0 Å². The Morgan fingerprint density at radius 3 is 2.34 bits per heavy atom. The van der Waals surface area contributed by atoms with Crippen molar-refractivity contribution >= 4 is 27.8 Å². The standard InChI is InChI=1S/C28H31FN8O6S/c1-17-8-9-23(43-17)25-32-33-28(37(25)24-21(41-2)6-4-7-22(24)42-3)34-44(39,40)20-12-18(26(38)35-10-5-11-35)15-36(16-20)27-30-13-19(29)14-31-27/h4,6-9,13-14,18,20H,5,10-12,15-16H2,1-3H3,(H,33,34)/t18-,20+/m1/s1. The van der Waals surface area contributed by atoms with Crippen LogP contribution in [0.25, 0.3) is 17.3 Å². The average Bonchev–Trinajstić information content (AvgIpc) is 3.61. The minimum Gasteiger partial charge on any atom is -0.494 e. The molecule has 0 radical (unpaired) electrons. The van der Waals surface area contributed by atoms with Gasteiger partial charge in [0, 0.05) is 26.2 Å². The second-order valence-corrected chi connectivity index (χ2v) is 12.6. The van der Waals surface area contributed by atoms with Crippen LogP contribution >= 0.6 is 0 Å². The number of hydrogen-bond acceptors (Lipinski definition) is 11. The summed E-state index contributed by atoms with van der Waals surface area (Å²) in [6.45, 7) is 3.17. The Balaban J connectivity index is 1.40. The first-order valence-electron chi connectivity index (χ1n) is 13.9. The number of anilines is 2. The Kier molecular flexibility index (Phi) is 7.84.